The monoisotopic (exact) mass is 265 g/mol. The van der Waals surface area contributed by atoms with E-state index in [-0.39, 0.29) is 11.8 Å². The van der Waals surface area contributed by atoms with E-state index in [4.69, 9.17) is 4.74 Å². The second kappa shape index (κ2) is 7.48. The molecule has 0 fully saturated rings. The third kappa shape index (κ3) is 5.05. The first-order chi connectivity index (χ1) is 9.04. The van der Waals surface area contributed by atoms with Crippen molar-refractivity contribution in [2.45, 2.75) is 32.6 Å². The van der Waals surface area contributed by atoms with Crippen LogP contribution in [0, 0.1) is 0 Å². The van der Waals surface area contributed by atoms with E-state index in [2.05, 4.69) is 15.6 Å². The predicted molar refractivity (Wildman–Crippen MR) is 70.2 cm³/mol. The molecule has 2 unspecified atom stereocenters. The Balaban J connectivity index is 2.59. The zero-order chi connectivity index (χ0) is 14.3. The van der Waals surface area contributed by atoms with Gasteiger partial charge in [-0.05, 0) is 24.6 Å². The number of carbonyl (C=O) groups is 2. The van der Waals surface area contributed by atoms with Crippen LogP contribution >= 0.6 is 0 Å². The number of aromatic nitrogens is 1. The van der Waals surface area contributed by atoms with E-state index in [0.29, 0.717) is 6.61 Å². The highest BCUT2D eigenvalue weighted by Gasteiger charge is 2.25. The van der Waals surface area contributed by atoms with Crippen molar-refractivity contribution in [3.05, 3.63) is 30.1 Å². The summed E-state index contributed by atoms with van der Waals surface area (Å²) in [6.07, 6.45) is 2.91. The standard InChI is InChI=1S/C13H19N3O3/c1-9(12(13(18)14-3)16-10(2)17)19-8-11-4-6-15-7-5-11/h4-7,9,12H,8H2,1-3H3,(H,14,18)(H,16,17). The number of nitrogens with zero attached hydrogens (tertiary/aromatic N) is 1. The van der Waals surface area contributed by atoms with Crippen LogP contribution in [0.2, 0.25) is 0 Å². The van der Waals surface area contributed by atoms with Crippen molar-refractivity contribution in [2.24, 2.45) is 0 Å². The lowest BCUT2D eigenvalue weighted by molar-refractivity contribution is -0.132. The molecule has 6 heteroatoms. The number of amides is 2. The Hall–Kier alpha value is -1.95. The fraction of sp³-hybridized carbons (Fsp3) is 0.462. The van der Waals surface area contributed by atoms with Crippen molar-refractivity contribution in [3.63, 3.8) is 0 Å². The third-order valence-electron chi connectivity index (χ3n) is 2.62. The maximum atomic E-state index is 11.7. The van der Waals surface area contributed by atoms with Crippen LogP contribution in [0.15, 0.2) is 24.5 Å². The number of pyridine rings is 1. The number of rotatable bonds is 6. The maximum Gasteiger partial charge on any atom is 0.245 e. The zero-order valence-corrected chi connectivity index (χ0v) is 11.3. The first-order valence-electron chi connectivity index (χ1n) is 6.03. The molecule has 1 heterocycles. The summed E-state index contributed by atoms with van der Waals surface area (Å²) in [6, 6.07) is 2.96. The lowest BCUT2D eigenvalue weighted by Crippen LogP contribution is -2.51. The molecule has 0 aliphatic heterocycles. The molecule has 2 atom stereocenters. The van der Waals surface area contributed by atoms with Gasteiger partial charge in [-0.25, -0.2) is 0 Å². The Morgan fingerprint density at radius 3 is 2.53 bits per heavy atom. The van der Waals surface area contributed by atoms with Crippen LogP contribution in [-0.2, 0) is 20.9 Å². The highest BCUT2D eigenvalue weighted by atomic mass is 16.5. The minimum atomic E-state index is -0.704. The molecular formula is C13H19N3O3. The number of hydrogen-bond donors (Lipinski definition) is 2. The van der Waals surface area contributed by atoms with E-state index in [1.807, 2.05) is 12.1 Å². The lowest BCUT2D eigenvalue weighted by atomic mass is 10.1. The second-order valence-corrected chi connectivity index (χ2v) is 4.16. The molecule has 0 aliphatic rings. The maximum absolute atomic E-state index is 11.7. The van der Waals surface area contributed by atoms with Crippen LogP contribution in [0.3, 0.4) is 0 Å². The van der Waals surface area contributed by atoms with Crippen LogP contribution < -0.4 is 10.6 Å². The average Bonchev–Trinajstić information content (AvgIpc) is 2.42. The number of nitrogens with one attached hydrogen (secondary N) is 2. The van der Waals surface area contributed by atoms with Crippen LogP contribution in [0.4, 0.5) is 0 Å². The van der Waals surface area contributed by atoms with Gasteiger partial charge in [-0.15, -0.1) is 0 Å². The highest BCUT2D eigenvalue weighted by molar-refractivity contribution is 5.87. The summed E-state index contributed by atoms with van der Waals surface area (Å²) in [7, 11) is 1.52. The Kier molecular flexibility index (Phi) is 5.95. The summed E-state index contributed by atoms with van der Waals surface area (Å²) in [5.41, 5.74) is 0.959. The van der Waals surface area contributed by atoms with Gasteiger partial charge in [0.2, 0.25) is 11.8 Å². The van der Waals surface area contributed by atoms with Crippen molar-refractivity contribution in [1.82, 2.24) is 15.6 Å². The molecule has 1 aromatic heterocycles. The van der Waals surface area contributed by atoms with E-state index in [9.17, 15) is 9.59 Å². The fourth-order valence-electron chi connectivity index (χ4n) is 1.57. The third-order valence-corrected chi connectivity index (χ3v) is 2.62. The topological polar surface area (TPSA) is 80.3 Å². The molecule has 0 spiro atoms. The minimum Gasteiger partial charge on any atom is -0.371 e. The minimum absolute atomic E-state index is 0.270. The number of carbonyl (C=O) groups excluding carboxylic acids is 2. The van der Waals surface area contributed by atoms with E-state index in [0.717, 1.165) is 5.56 Å². The van der Waals surface area contributed by atoms with Crippen molar-refractivity contribution in [1.29, 1.82) is 0 Å². The number of hydrogen-bond acceptors (Lipinski definition) is 4. The van der Waals surface area contributed by atoms with Gasteiger partial charge in [-0.1, -0.05) is 0 Å². The summed E-state index contributed by atoms with van der Waals surface area (Å²) in [5, 5.41) is 5.08. The molecule has 0 aliphatic carbocycles. The molecule has 0 aromatic carbocycles. The summed E-state index contributed by atoms with van der Waals surface area (Å²) < 4.78 is 5.61. The van der Waals surface area contributed by atoms with Crippen LogP contribution in [0.1, 0.15) is 19.4 Å². The molecule has 0 radical (unpaired) electrons. The lowest BCUT2D eigenvalue weighted by Gasteiger charge is -2.23. The molecule has 1 rings (SSSR count). The first kappa shape index (κ1) is 15.1. The van der Waals surface area contributed by atoms with Gasteiger partial charge in [-0.2, -0.15) is 0 Å². The first-order valence-corrected chi connectivity index (χ1v) is 6.03. The Bertz CT molecular complexity index is 422. The molecule has 2 amide bonds. The van der Waals surface area contributed by atoms with Crippen molar-refractivity contribution in [2.75, 3.05) is 7.05 Å². The molecule has 0 saturated heterocycles. The fourth-order valence-corrected chi connectivity index (χ4v) is 1.57. The number of ether oxygens (including phenoxy) is 1. The van der Waals surface area contributed by atoms with Gasteiger partial charge >= 0.3 is 0 Å². The summed E-state index contributed by atoms with van der Waals surface area (Å²) in [5.74, 6) is -0.551. The Morgan fingerprint density at radius 2 is 2.00 bits per heavy atom. The molecule has 2 N–H and O–H groups in total. The van der Waals surface area contributed by atoms with E-state index >= 15 is 0 Å². The SMILES string of the molecule is CNC(=O)C(NC(C)=O)C(C)OCc1ccncc1. The average molecular weight is 265 g/mol. The van der Waals surface area contributed by atoms with E-state index in [1.165, 1.54) is 14.0 Å². The van der Waals surface area contributed by atoms with Crippen molar-refractivity contribution in [3.8, 4) is 0 Å². The molecule has 1 aromatic rings. The summed E-state index contributed by atoms with van der Waals surface area (Å²) in [6.45, 7) is 3.47. The van der Waals surface area contributed by atoms with Gasteiger partial charge in [0.1, 0.15) is 6.04 Å². The Morgan fingerprint density at radius 1 is 1.37 bits per heavy atom. The van der Waals surface area contributed by atoms with Crippen LogP contribution in [0.25, 0.3) is 0 Å². The zero-order valence-electron chi connectivity index (χ0n) is 11.3. The molecule has 6 nitrogen and oxygen atoms in total. The van der Waals surface area contributed by atoms with Crippen LogP contribution in [-0.4, -0.2) is 36.0 Å². The molecule has 0 bridgehead atoms. The van der Waals surface area contributed by atoms with E-state index in [1.54, 1.807) is 19.3 Å². The van der Waals surface area contributed by atoms with Crippen LogP contribution in [0.5, 0.6) is 0 Å². The Labute approximate surface area is 112 Å². The number of likely N-dealkylation sites (N-methyl/N-ethyl adjacent to an activating group) is 1. The smallest absolute Gasteiger partial charge is 0.245 e. The normalized spacial score (nSPS) is 13.4. The van der Waals surface area contributed by atoms with Gasteiger partial charge in [0.15, 0.2) is 0 Å². The largest absolute Gasteiger partial charge is 0.371 e. The second-order valence-electron chi connectivity index (χ2n) is 4.16. The van der Waals surface area contributed by atoms with Gasteiger partial charge in [0.25, 0.3) is 0 Å². The molecule has 0 saturated carbocycles. The van der Waals surface area contributed by atoms with Gasteiger partial charge < -0.3 is 15.4 Å². The van der Waals surface area contributed by atoms with Gasteiger partial charge in [0, 0.05) is 26.4 Å². The highest BCUT2D eigenvalue weighted by Crippen LogP contribution is 2.05. The molecular weight excluding hydrogens is 246 g/mol. The van der Waals surface area contributed by atoms with E-state index < -0.39 is 12.1 Å². The summed E-state index contributed by atoms with van der Waals surface area (Å²) in [4.78, 5) is 26.7. The molecule has 104 valence electrons. The predicted octanol–water partition coefficient (Wildman–Crippen LogP) is 0.237. The van der Waals surface area contributed by atoms with Gasteiger partial charge in [0.05, 0.1) is 12.7 Å². The molecule has 19 heavy (non-hydrogen) atoms. The van der Waals surface area contributed by atoms with Crippen molar-refractivity contribution >= 4 is 11.8 Å². The summed E-state index contributed by atoms with van der Waals surface area (Å²) >= 11 is 0. The quantitative estimate of drug-likeness (QED) is 0.772. The van der Waals surface area contributed by atoms with Gasteiger partial charge in [-0.3, -0.25) is 14.6 Å². The van der Waals surface area contributed by atoms with Crippen molar-refractivity contribution < 1.29 is 14.3 Å².